The third-order valence-electron chi connectivity index (χ3n) is 2.68. The van der Waals surface area contributed by atoms with Crippen molar-refractivity contribution in [3.05, 3.63) is 29.6 Å². The summed E-state index contributed by atoms with van der Waals surface area (Å²) in [5.41, 5.74) is -0.698. The lowest BCUT2D eigenvalue weighted by atomic mass is 10.2. The molecule has 4 nitrogen and oxygen atoms in total. The maximum atomic E-state index is 13.4. The molecule has 0 heterocycles. The maximum absolute atomic E-state index is 13.4. The highest BCUT2D eigenvalue weighted by Crippen LogP contribution is 2.20. The summed E-state index contributed by atoms with van der Waals surface area (Å²) in [6.45, 7) is 2.07. The van der Waals surface area contributed by atoms with Crippen molar-refractivity contribution in [3.8, 4) is 0 Å². The van der Waals surface area contributed by atoms with Crippen molar-refractivity contribution in [1.29, 1.82) is 0 Å². The van der Waals surface area contributed by atoms with E-state index >= 15 is 0 Å². The molecule has 0 spiro atoms. The van der Waals surface area contributed by atoms with E-state index in [9.17, 15) is 18.0 Å². The van der Waals surface area contributed by atoms with Crippen LogP contribution in [0.4, 0.5) is 23.7 Å². The number of hydrogen-bond acceptors (Lipinski definition) is 2. The largest absolute Gasteiger partial charge is 0.395 e. The van der Waals surface area contributed by atoms with E-state index in [-0.39, 0.29) is 13.2 Å². The van der Waals surface area contributed by atoms with Crippen molar-refractivity contribution in [2.24, 2.45) is 0 Å². The van der Waals surface area contributed by atoms with Gasteiger partial charge in [0.05, 0.1) is 6.61 Å². The van der Waals surface area contributed by atoms with Crippen LogP contribution in [0.3, 0.4) is 0 Å². The van der Waals surface area contributed by atoms with Crippen molar-refractivity contribution >= 4 is 11.7 Å². The molecule has 112 valence electrons. The fourth-order valence-corrected chi connectivity index (χ4v) is 1.63. The minimum absolute atomic E-state index is 0.0519. The van der Waals surface area contributed by atoms with Crippen LogP contribution in [-0.4, -0.2) is 35.7 Å². The van der Waals surface area contributed by atoms with Gasteiger partial charge in [-0.1, -0.05) is 13.3 Å². The molecule has 0 radical (unpaired) electrons. The lowest BCUT2D eigenvalue weighted by molar-refractivity contribution is 0.187. The molecule has 0 unspecified atom stereocenters. The number of halogens is 3. The second kappa shape index (κ2) is 7.74. The van der Waals surface area contributed by atoms with E-state index in [0.29, 0.717) is 25.1 Å². The normalized spacial score (nSPS) is 10.4. The summed E-state index contributed by atoms with van der Waals surface area (Å²) in [6.07, 6.45) is 1.52. The molecule has 0 bridgehead atoms. The number of aliphatic hydroxyl groups excluding tert-OH is 1. The van der Waals surface area contributed by atoms with Gasteiger partial charge in [0.2, 0.25) is 0 Å². The summed E-state index contributed by atoms with van der Waals surface area (Å²) in [4.78, 5) is 13.1. The van der Waals surface area contributed by atoms with Gasteiger partial charge in [0.15, 0.2) is 11.6 Å². The average Bonchev–Trinajstić information content (AvgIpc) is 2.38. The number of amides is 2. The highest BCUT2D eigenvalue weighted by Gasteiger charge is 2.18. The molecule has 2 N–H and O–H groups in total. The van der Waals surface area contributed by atoms with E-state index in [2.05, 4.69) is 5.32 Å². The summed E-state index contributed by atoms with van der Waals surface area (Å²) in [5.74, 6) is -3.43. The number of benzene rings is 1. The van der Waals surface area contributed by atoms with Crippen molar-refractivity contribution in [3.63, 3.8) is 0 Å². The molecule has 20 heavy (non-hydrogen) atoms. The molecule has 7 heteroatoms. The standard InChI is InChI=1S/C13H17F3N2O2/c1-2-3-4-18(5-6-19)13(20)17-12-10(15)7-9(14)8-11(12)16/h7-8,19H,2-6H2,1H3,(H,17,20). The molecule has 0 aliphatic carbocycles. The summed E-state index contributed by atoms with van der Waals surface area (Å²) in [5, 5.41) is 10.9. The van der Waals surface area contributed by atoms with Crippen LogP contribution in [-0.2, 0) is 0 Å². The van der Waals surface area contributed by atoms with Crippen LogP contribution in [0, 0.1) is 17.5 Å². The molecule has 0 fully saturated rings. The fourth-order valence-electron chi connectivity index (χ4n) is 1.63. The number of aliphatic hydroxyl groups is 1. The first kappa shape index (κ1) is 16.3. The van der Waals surface area contributed by atoms with Gasteiger partial charge >= 0.3 is 6.03 Å². The Bertz CT molecular complexity index is 446. The molecule has 2 amide bonds. The minimum Gasteiger partial charge on any atom is -0.395 e. The second-order valence-electron chi connectivity index (χ2n) is 4.24. The Morgan fingerprint density at radius 3 is 2.35 bits per heavy atom. The van der Waals surface area contributed by atoms with E-state index in [1.165, 1.54) is 4.90 Å². The van der Waals surface area contributed by atoms with Crippen molar-refractivity contribution in [2.75, 3.05) is 25.0 Å². The Morgan fingerprint density at radius 1 is 1.25 bits per heavy atom. The number of urea groups is 1. The molecular weight excluding hydrogens is 273 g/mol. The van der Waals surface area contributed by atoms with Crippen molar-refractivity contribution in [2.45, 2.75) is 19.8 Å². The number of carbonyl (C=O) groups is 1. The zero-order chi connectivity index (χ0) is 15.1. The zero-order valence-corrected chi connectivity index (χ0v) is 11.1. The Hall–Kier alpha value is -1.76. The monoisotopic (exact) mass is 290 g/mol. The Balaban J connectivity index is 2.82. The third-order valence-corrected chi connectivity index (χ3v) is 2.68. The van der Waals surface area contributed by atoms with Gasteiger partial charge in [0, 0.05) is 25.2 Å². The van der Waals surface area contributed by atoms with Gasteiger partial charge in [-0.25, -0.2) is 18.0 Å². The van der Waals surface area contributed by atoms with Gasteiger partial charge in [0.25, 0.3) is 0 Å². The lowest BCUT2D eigenvalue weighted by Gasteiger charge is -2.22. The maximum Gasteiger partial charge on any atom is 0.322 e. The van der Waals surface area contributed by atoms with Crippen LogP contribution in [0.5, 0.6) is 0 Å². The van der Waals surface area contributed by atoms with E-state index < -0.39 is 29.2 Å². The lowest BCUT2D eigenvalue weighted by Crippen LogP contribution is -2.38. The number of nitrogens with zero attached hydrogens (tertiary/aromatic N) is 1. The zero-order valence-electron chi connectivity index (χ0n) is 11.1. The topological polar surface area (TPSA) is 52.6 Å². The van der Waals surface area contributed by atoms with Crippen LogP contribution in [0.2, 0.25) is 0 Å². The van der Waals surface area contributed by atoms with E-state index in [0.717, 1.165) is 6.42 Å². The van der Waals surface area contributed by atoms with Crippen LogP contribution in [0.25, 0.3) is 0 Å². The SMILES string of the molecule is CCCCN(CCO)C(=O)Nc1c(F)cc(F)cc1F. The molecule has 0 saturated carbocycles. The van der Waals surface area contributed by atoms with Crippen LogP contribution < -0.4 is 5.32 Å². The molecular formula is C13H17F3N2O2. The number of nitrogens with one attached hydrogen (secondary N) is 1. The summed E-state index contributed by atoms with van der Waals surface area (Å²) >= 11 is 0. The summed E-state index contributed by atoms with van der Waals surface area (Å²) < 4.78 is 39.6. The van der Waals surface area contributed by atoms with E-state index in [1.807, 2.05) is 6.92 Å². The third kappa shape index (κ3) is 4.41. The van der Waals surface area contributed by atoms with Gasteiger partial charge in [-0.05, 0) is 6.42 Å². The van der Waals surface area contributed by atoms with Gasteiger partial charge < -0.3 is 15.3 Å². The molecule has 0 aliphatic heterocycles. The van der Waals surface area contributed by atoms with Crippen molar-refractivity contribution < 1.29 is 23.1 Å². The van der Waals surface area contributed by atoms with E-state index in [1.54, 1.807) is 0 Å². The first-order chi connectivity index (χ1) is 9.49. The Kier molecular flexibility index (Phi) is 6.30. The van der Waals surface area contributed by atoms with Gasteiger partial charge in [-0.2, -0.15) is 0 Å². The molecule has 1 aromatic carbocycles. The van der Waals surface area contributed by atoms with Gasteiger partial charge in [-0.3, -0.25) is 0 Å². The number of unbranched alkanes of at least 4 members (excludes halogenated alkanes) is 1. The molecule has 0 aliphatic rings. The first-order valence-electron chi connectivity index (χ1n) is 6.31. The minimum atomic E-state index is -1.18. The molecule has 0 atom stereocenters. The van der Waals surface area contributed by atoms with Gasteiger partial charge in [-0.15, -0.1) is 0 Å². The summed E-state index contributed by atoms with van der Waals surface area (Å²) in [6, 6.07) is 0.235. The number of rotatable bonds is 6. The van der Waals surface area contributed by atoms with Crippen LogP contribution in [0.1, 0.15) is 19.8 Å². The smallest absolute Gasteiger partial charge is 0.322 e. The summed E-state index contributed by atoms with van der Waals surface area (Å²) in [7, 11) is 0. The first-order valence-corrected chi connectivity index (χ1v) is 6.31. The van der Waals surface area contributed by atoms with Crippen LogP contribution >= 0.6 is 0 Å². The molecule has 1 rings (SSSR count). The highest BCUT2D eigenvalue weighted by molar-refractivity contribution is 5.89. The van der Waals surface area contributed by atoms with E-state index in [4.69, 9.17) is 5.11 Å². The number of anilines is 1. The quantitative estimate of drug-likeness (QED) is 0.846. The number of carbonyl (C=O) groups excluding carboxylic acids is 1. The molecule has 1 aromatic rings. The predicted octanol–water partition coefficient (Wildman–Crippen LogP) is 2.73. The fraction of sp³-hybridized carbons (Fsp3) is 0.462. The van der Waals surface area contributed by atoms with Gasteiger partial charge in [0.1, 0.15) is 11.5 Å². The van der Waals surface area contributed by atoms with Crippen LogP contribution in [0.15, 0.2) is 12.1 Å². The second-order valence-corrected chi connectivity index (χ2v) is 4.24. The predicted molar refractivity (Wildman–Crippen MR) is 68.9 cm³/mol. The number of hydrogen-bond donors (Lipinski definition) is 2. The molecule has 0 aromatic heterocycles. The molecule has 0 saturated heterocycles. The highest BCUT2D eigenvalue weighted by atomic mass is 19.1. The van der Waals surface area contributed by atoms with Crippen molar-refractivity contribution in [1.82, 2.24) is 4.90 Å². The Labute approximate surface area is 115 Å². The Morgan fingerprint density at radius 2 is 1.85 bits per heavy atom. The average molecular weight is 290 g/mol.